The van der Waals surface area contributed by atoms with Gasteiger partial charge in [-0.05, 0) is 48.4 Å². The molecule has 0 saturated heterocycles. The molecular formula is C15H14N4OS2. The molecule has 0 fully saturated rings. The van der Waals surface area contributed by atoms with Crippen molar-refractivity contribution in [1.29, 1.82) is 5.26 Å². The van der Waals surface area contributed by atoms with Crippen molar-refractivity contribution in [2.75, 3.05) is 11.6 Å². The van der Waals surface area contributed by atoms with Crippen molar-refractivity contribution >= 4 is 45.5 Å². The number of aryl methyl sites for hydroxylation is 1. The first-order valence-corrected chi connectivity index (χ1v) is 8.47. The number of amidine groups is 1. The SMILES string of the molecule is CSC(=Nc1ccc(NC(=O)c2cccs2)c(C)c1)NC#N. The van der Waals surface area contributed by atoms with E-state index in [1.165, 1.54) is 23.1 Å². The molecule has 2 rings (SSSR count). The van der Waals surface area contributed by atoms with E-state index in [0.717, 1.165) is 16.9 Å². The minimum atomic E-state index is -0.120. The van der Waals surface area contributed by atoms with Crippen molar-refractivity contribution in [3.8, 4) is 6.19 Å². The molecule has 0 bridgehead atoms. The smallest absolute Gasteiger partial charge is 0.265 e. The van der Waals surface area contributed by atoms with E-state index in [9.17, 15) is 4.79 Å². The molecule has 0 atom stereocenters. The van der Waals surface area contributed by atoms with Crippen LogP contribution >= 0.6 is 23.1 Å². The predicted molar refractivity (Wildman–Crippen MR) is 92.8 cm³/mol. The van der Waals surface area contributed by atoms with Crippen LogP contribution in [0, 0.1) is 18.4 Å². The molecule has 0 unspecified atom stereocenters. The van der Waals surface area contributed by atoms with Crippen LogP contribution in [0.3, 0.4) is 0 Å². The fraction of sp³-hybridized carbons (Fsp3) is 0.133. The first-order valence-electron chi connectivity index (χ1n) is 6.37. The highest BCUT2D eigenvalue weighted by Crippen LogP contribution is 2.23. The Kier molecular flexibility index (Phi) is 5.58. The van der Waals surface area contributed by atoms with Gasteiger partial charge in [0.25, 0.3) is 5.91 Å². The average molecular weight is 330 g/mol. The van der Waals surface area contributed by atoms with E-state index in [1.807, 2.05) is 43.0 Å². The number of benzene rings is 1. The number of nitrogens with zero attached hydrogens (tertiary/aromatic N) is 2. The van der Waals surface area contributed by atoms with Gasteiger partial charge >= 0.3 is 0 Å². The van der Waals surface area contributed by atoms with Crippen LogP contribution in [0.1, 0.15) is 15.2 Å². The summed E-state index contributed by atoms with van der Waals surface area (Å²) in [7, 11) is 0. The van der Waals surface area contributed by atoms with Crippen molar-refractivity contribution < 1.29 is 4.79 Å². The average Bonchev–Trinajstić information content (AvgIpc) is 3.04. The third kappa shape index (κ3) is 4.10. The Morgan fingerprint density at radius 3 is 2.82 bits per heavy atom. The van der Waals surface area contributed by atoms with Crippen LogP contribution in [0.4, 0.5) is 11.4 Å². The summed E-state index contributed by atoms with van der Waals surface area (Å²) in [6.45, 7) is 1.90. The number of carbonyl (C=O) groups is 1. The molecule has 0 saturated carbocycles. The summed E-state index contributed by atoms with van der Waals surface area (Å²) in [6.07, 6.45) is 3.69. The molecular weight excluding hydrogens is 316 g/mol. The van der Waals surface area contributed by atoms with Crippen LogP contribution in [0.15, 0.2) is 40.7 Å². The van der Waals surface area contributed by atoms with Gasteiger partial charge < -0.3 is 5.32 Å². The Balaban J connectivity index is 2.16. The van der Waals surface area contributed by atoms with Gasteiger partial charge in [-0.25, -0.2) is 4.99 Å². The number of amides is 1. The number of thioether (sulfide) groups is 1. The van der Waals surface area contributed by atoms with E-state index < -0.39 is 0 Å². The summed E-state index contributed by atoms with van der Waals surface area (Å²) in [5.74, 6) is -0.120. The molecule has 112 valence electrons. The van der Waals surface area contributed by atoms with Crippen molar-refractivity contribution in [2.24, 2.45) is 4.99 Å². The molecule has 1 amide bonds. The maximum atomic E-state index is 12.0. The highest BCUT2D eigenvalue weighted by molar-refractivity contribution is 8.13. The van der Waals surface area contributed by atoms with Gasteiger partial charge in [-0.3, -0.25) is 10.1 Å². The molecule has 0 aliphatic rings. The normalized spacial score (nSPS) is 10.9. The van der Waals surface area contributed by atoms with E-state index in [-0.39, 0.29) is 5.91 Å². The lowest BCUT2D eigenvalue weighted by molar-refractivity contribution is 0.103. The van der Waals surface area contributed by atoms with Gasteiger partial charge in [0.2, 0.25) is 0 Å². The molecule has 0 spiro atoms. The lowest BCUT2D eigenvalue weighted by Gasteiger charge is -2.08. The van der Waals surface area contributed by atoms with Crippen molar-refractivity contribution in [3.63, 3.8) is 0 Å². The van der Waals surface area contributed by atoms with Crippen molar-refractivity contribution in [1.82, 2.24) is 5.32 Å². The minimum absolute atomic E-state index is 0.120. The zero-order chi connectivity index (χ0) is 15.9. The van der Waals surface area contributed by atoms with E-state index in [0.29, 0.717) is 10.0 Å². The number of carbonyl (C=O) groups excluding carboxylic acids is 1. The first kappa shape index (κ1) is 16.1. The van der Waals surface area contributed by atoms with Crippen LogP contribution in [-0.4, -0.2) is 17.3 Å². The number of thiophene rings is 1. The first-order chi connectivity index (χ1) is 10.6. The number of nitrogens with one attached hydrogen (secondary N) is 2. The van der Waals surface area contributed by atoms with Gasteiger partial charge in [0, 0.05) is 5.69 Å². The molecule has 0 radical (unpaired) electrons. The van der Waals surface area contributed by atoms with E-state index in [4.69, 9.17) is 5.26 Å². The number of anilines is 1. The summed E-state index contributed by atoms with van der Waals surface area (Å²) in [5, 5.41) is 16.4. The van der Waals surface area contributed by atoms with Crippen LogP contribution < -0.4 is 10.6 Å². The number of hydrogen-bond acceptors (Lipinski definition) is 5. The standard InChI is InChI=1S/C15H14N4OS2/c1-10-8-11(18-15(21-2)17-9-16)5-6-12(10)19-14(20)13-4-3-7-22-13/h3-8H,1-2H3,(H,17,18)(H,19,20). The lowest BCUT2D eigenvalue weighted by Crippen LogP contribution is -2.12. The molecule has 22 heavy (non-hydrogen) atoms. The second-order valence-corrected chi connectivity index (χ2v) is 6.03. The third-order valence-corrected chi connectivity index (χ3v) is 4.24. The topological polar surface area (TPSA) is 77.3 Å². The Labute approximate surface area is 137 Å². The van der Waals surface area contributed by atoms with Gasteiger partial charge in [0.1, 0.15) is 0 Å². The second kappa shape index (κ2) is 7.64. The fourth-order valence-corrected chi connectivity index (χ4v) is 2.70. The summed E-state index contributed by atoms with van der Waals surface area (Å²) in [4.78, 5) is 17.0. The highest BCUT2D eigenvalue weighted by atomic mass is 32.2. The van der Waals surface area contributed by atoms with Gasteiger partial charge in [0.05, 0.1) is 10.6 Å². The van der Waals surface area contributed by atoms with E-state index in [1.54, 1.807) is 12.1 Å². The summed E-state index contributed by atoms with van der Waals surface area (Å²) >= 11 is 2.76. The number of aliphatic imine (C=N–C) groups is 1. The number of rotatable bonds is 3. The Bertz CT molecular complexity index is 732. The largest absolute Gasteiger partial charge is 0.321 e. The maximum Gasteiger partial charge on any atom is 0.265 e. The molecule has 0 aliphatic carbocycles. The van der Waals surface area contributed by atoms with E-state index in [2.05, 4.69) is 15.6 Å². The Morgan fingerprint density at radius 2 is 2.23 bits per heavy atom. The quantitative estimate of drug-likeness (QED) is 0.389. The predicted octanol–water partition coefficient (Wildman–Crippen LogP) is 3.73. The van der Waals surface area contributed by atoms with Gasteiger partial charge in [0.15, 0.2) is 11.4 Å². The second-order valence-electron chi connectivity index (χ2n) is 4.29. The van der Waals surface area contributed by atoms with Gasteiger partial charge in [-0.2, -0.15) is 5.26 Å². The summed E-state index contributed by atoms with van der Waals surface area (Å²) < 4.78 is 0. The fourth-order valence-electron chi connectivity index (χ4n) is 1.74. The molecule has 0 aliphatic heterocycles. The van der Waals surface area contributed by atoms with Gasteiger partial charge in [-0.1, -0.05) is 17.8 Å². The zero-order valence-corrected chi connectivity index (χ0v) is 13.7. The third-order valence-electron chi connectivity index (χ3n) is 2.79. The molecule has 1 heterocycles. The van der Waals surface area contributed by atoms with Crippen molar-refractivity contribution in [2.45, 2.75) is 6.92 Å². The maximum absolute atomic E-state index is 12.0. The molecule has 7 heteroatoms. The van der Waals surface area contributed by atoms with Crippen LogP contribution in [0.2, 0.25) is 0 Å². The molecule has 1 aromatic heterocycles. The van der Waals surface area contributed by atoms with Crippen LogP contribution in [0.25, 0.3) is 0 Å². The van der Waals surface area contributed by atoms with Crippen molar-refractivity contribution in [3.05, 3.63) is 46.2 Å². The number of hydrogen-bond donors (Lipinski definition) is 2. The zero-order valence-electron chi connectivity index (χ0n) is 12.1. The number of nitriles is 1. The highest BCUT2D eigenvalue weighted by Gasteiger charge is 2.09. The Morgan fingerprint density at radius 1 is 1.41 bits per heavy atom. The molecule has 5 nitrogen and oxygen atoms in total. The van der Waals surface area contributed by atoms with Gasteiger partial charge in [-0.15, -0.1) is 11.3 Å². The van der Waals surface area contributed by atoms with Crippen LogP contribution in [-0.2, 0) is 0 Å². The monoisotopic (exact) mass is 330 g/mol. The summed E-state index contributed by atoms with van der Waals surface area (Å²) in [5.41, 5.74) is 2.37. The Hall–Kier alpha value is -2.30. The van der Waals surface area contributed by atoms with E-state index >= 15 is 0 Å². The lowest BCUT2D eigenvalue weighted by atomic mass is 10.2. The van der Waals surface area contributed by atoms with Crippen LogP contribution in [0.5, 0.6) is 0 Å². The molecule has 2 aromatic rings. The minimum Gasteiger partial charge on any atom is -0.321 e. The molecule has 2 N–H and O–H groups in total. The summed E-state index contributed by atoms with van der Waals surface area (Å²) in [6, 6.07) is 9.10. The molecule has 1 aromatic carbocycles.